The number of anilines is 1. The van der Waals surface area contributed by atoms with Crippen LogP contribution in [0.1, 0.15) is 29.3 Å². The summed E-state index contributed by atoms with van der Waals surface area (Å²) >= 11 is 0. The minimum absolute atomic E-state index is 0.146. The number of amides is 3. The summed E-state index contributed by atoms with van der Waals surface area (Å²) in [4.78, 5) is 32.1. The van der Waals surface area contributed by atoms with Crippen molar-refractivity contribution in [3.05, 3.63) is 58.9 Å². The molecule has 0 saturated carbocycles. The van der Waals surface area contributed by atoms with Crippen molar-refractivity contribution in [2.45, 2.75) is 33.9 Å². The highest BCUT2D eigenvalue weighted by Crippen LogP contribution is 2.15. The molecule has 29 heavy (non-hydrogen) atoms. The summed E-state index contributed by atoms with van der Waals surface area (Å²) in [6, 6.07) is 9.83. The molecule has 0 spiro atoms. The van der Waals surface area contributed by atoms with Gasteiger partial charge in [0.15, 0.2) is 0 Å². The summed E-state index contributed by atoms with van der Waals surface area (Å²) in [6.45, 7) is 10.2. The van der Waals surface area contributed by atoms with Gasteiger partial charge in [0.2, 0.25) is 5.91 Å². The van der Waals surface area contributed by atoms with E-state index < -0.39 is 0 Å². The van der Waals surface area contributed by atoms with Crippen molar-refractivity contribution in [1.82, 2.24) is 20.1 Å². The number of aryl methyl sites for hydroxylation is 2. The molecule has 154 valence electrons. The maximum Gasteiger partial charge on any atom is 0.319 e. The predicted molar refractivity (Wildman–Crippen MR) is 114 cm³/mol. The zero-order valence-corrected chi connectivity index (χ0v) is 17.4. The van der Waals surface area contributed by atoms with Crippen LogP contribution in [0.3, 0.4) is 0 Å². The minimum atomic E-state index is -0.249. The van der Waals surface area contributed by atoms with Gasteiger partial charge < -0.3 is 15.5 Å². The molecule has 0 unspecified atom stereocenters. The van der Waals surface area contributed by atoms with Crippen molar-refractivity contribution in [2.24, 2.45) is 0 Å². The molecule has 1 aromatic carbocycles. The summed E-state index contributed by atoms with van der Waals surface area (Å²) in [6.07, 6.45) is 1.65. The third-order valence-electron chi connectivity index (χ3n) is 5.25. The lowest BCUT2D eigenvalue weighted by Gasteiger charge is -2.34. The monoisotopic (exact) mass is 395 g/mol. The van der Waals surface area contributed by atoms with Crippen LogP contribution >= 0.6 is 0 Å². The number of piperazine rings is 1. The van der Waals surface area contributed by atoms with E-state index in [1.165, 1.54) is 5.56 Å². The van der Waals surface area contributed by atoms with Gasteiger partial charge in [0, 0.05) is 51.9 Å². The number of nitrogens with one attached hydrogen (secondary N) is 2. The molecule has 2 aromatic rings. The molecule has 0 bridgehead atoms. The van der Waals surface area contributed by atoms with Gasteiger partial charge in [-0.25, -0.2) is 4.79 Å². The SMILES string of the molecule is CC(=O)N1CCN(Cc2ccc(C)c(CNC(=O)Nc3ccc(C)nc3)c2)CC1. The zero-order valence-electron chi connectivity index (χ0n) is 17.4. The van der Waals surface area contributed by atoms with E-state index in [0.717, 1.165) is 49.5 Å². The van der Waals surface area contributed by atoms with Crippen molar-refractivity contribution in [3.63, 3.8) is 0 Å². The Kier molecular flexibility index (Phi) is 6.82. The zero-order chi connectivity index (χ0) is 20.8. The Bertz CT molecular complexity index is 858. The van der Waals surface area contributed by atoms with E-state index in [4.69, 9.17) is 0 Å². The van der Waals surface area contributed by atoms with E-state index in [1.807, 2.05) is 30.9 Å². The molecular weight excluding hydrogens is 366 g/mol. The predicted octanol–water partition coefficient (Wildman–Crippen LogP) is 2.68. The molecule has 1 aliphatic rings. The fraction of sp³-hybridized carbons (Fsp3) is 0.409. The van der Waals surface area contributed by atoms with Gasteiger partial charge in [-0.1, -0.05) is 18.2 Å². The van der Waals surface area contributed by atoms with E-state index in [0.29, 0.717) is 12.2 Å². The number of carbonyl (C=O) groups is 2. The van der Waals surface area contributed by atoms with Gasteiger partial charge in [0.1, 0.15) is 0 Å². The smallest absolute Gasteiger partial charge is 0.319 e. The number of carbonyl (C=O) groups excluding carboxylic acids is 2. The molecule has 2 heterocycles. The molecule has 1 aromatic heterocycles. The molecule has 0 aliphatic carbocycles. The van der Waals surface area contributed by atoms with E-state index >= 15 is 0 Å². The number of aromatic nitrogens is 1. The highest BCUT2D eigenvalue weighted by molar-refractivity contribution is 5.88. The number of pyridine rings is 1. The summed E-state index contributed by atoms with van der Waals surface area (Å²) in [5.74, 6) is 0.146. The summed E-state index contributed by atoms with van der Waals surface area (Å²) in [5.41, 5.74) is 5.04. The van der Waals surface area contributed by atoms with Gasteiger partial charge >= 0.3 is 6.03 Å². The van der Waals surface area contributed by atoms with Crippen molar-refractivity contribution in [2.75, 3.05) is 31.5 Å². The van der Waals surface area contributed by atoms with Crippen LogP contribution in [0.4, 0.5) is 10.5 Å². The lowest BCUT2D eigenvalue weighted by molar-refractivity contribution is -0.130. The van der Waals surface area contributed by atoms with Gasteiger partial charge in [-0.2, -0.15) is 0 Å². The Hall–Kier alpha value is -2.93. The molecule has 0 radical (unpaired) electrons. The second kappa shape index (κ2) is 9.52. The highest BCUT2D eigenvalue weighted by atomic mass is 16.2. The molecule has 7 heteroatoms. The second-order valence-electron chi connectivity index (χ2n) is 7.54. The number of hydrogen-bond acceptors (Lipinski definition) is 4. The largest absolute Gasteiger partial charge is 0.340 e. The number of nitrogens with zero attached hydrogens (tertiary/aromatic N) is 3. The Balaban J connectivity index is 1.53. The fourth-order valence-electron chi connectivity index (χ4n) is 3.39. The lowest BCUT2D eigenvalue weighted by atomic mass is 10.0. The molecule has 3 rings (SSSR count). The van der Waals surface area contributed by atoms with Crippen LogP contribution in [0, 0.1) is 13.8 Å². The molecule has 1 aliphatic heterocycles. The van der Waals surface area contributed by atoms with Crippen LogP contribution in [0.25, 0.3) is 0 Å². The maximum absolute atomic E-state index is 12.2. The van der Waals surface area contributed by atoms with Gasteiger partial charge in [-0.05, 0) is 42.7 Å². The number of urea groups is 1. The standard InChI is InChI=1S/C22H29N5O2/c1-16-4-6-19(15-26-8-10-27(11-9-26)18(3)28)12-20(16)13-24-22(29)25-21-7-5-17(2)23-14-21/h4-7,12,14H,8-11,13,15H2,1-3H3,(H2,24,25,29). The molecule has 1 saturated heterocycles. The Morgan fingerprint density at radius 2 is 1.83 bits per heavy atom. The Labute approximate surface area is 172 Å². The van der Waals surface area contributed by atoms with Crippen LogP contribution in [-0.2, 0) is 17.9 Å². The average Bonchev–Trinajstić information content (AvgIpc) is 2.70. The van der Waals surface area contributed by atoms with E-state index in [-0.39, 0.29) is 11.9 Å². The first-order valence-corrected chi connectivity index (χ1v) is 9.94. The Morgan fingerprint density at radius 1 is 1.07 bits per heavy atom. The number of rotatable bonds is 5. The molecule has 7 nitrogen and oxygen atoms in total. The normalized spacial score (nSPS) is 14.5. The van der Waals surface area contributed by atoms with Crippen LogP contribution < -0.4 is 10.6 Å². The topological polar surface area (TPSA) is 77.6 Å². The first-order chi connectivity index (χ1) is 13.9. The van der Waals surface area contributed by atoms with Crippen LogP contribution in [0.15, 0.2) is 36.5 Å². The first-order valence-electron chi connectivity index (χ1n) is 9.94. The van der Waals surface area contributed by atoms with Gasteiger partial charge in [-0.15, -0.1) is 0 Å². The quantitative estimate of drug-likeness (QED) is 0.816. The molecule has 0 atom stereocenters. The number of benzene rings is 1. The molecule has 1 fully saturated rings. The summed E-state index contributed by atoms with van der Waals surface area (Å²) in [5, 5.41) is 5.72. The third-order valence-corrected chi connectivity index (χ3v) is 5.25. The molecule has 2 N–H and O–H groups in total. The van der Waals surface area contributed by atoms with Crippen LogP contribution in [0.2, 0.25) is 0 Å². The summed E-state index contributed by atoms with van der Waals surface area (Å²) < 4.78 is 0. The number of hydrogen-bond donors (Lipinski definition) is 2. The molecule has 3 amide bonds. The Morgan fingerprint density at radius 3 is 2.48 bits per heavy atom. The van der Waals surface area contributed by atoms with Crippen LogP contribution in [-0.4, -0.2) is 52.9 Å². The van der Waals surface area contributed by atoms with Crippen molar-refractivity contribution in [3.8, 4) is 0 Å². The third kappa shape index (κ3) is 6.02. The maximum atomic E-state index is 12.2. The van der Waals surface area contributed by atoms with Crippen molar-refractivity contribution in [1.29, 1.82) is 0 Å². The van der Waals surface area contributed by atoms with Gasteiger partial charge in [-0.3, -0.25) is 14.7 Å². The lowest BCUT2D eigenvalue weighted by Crippen LogP contribution is -2.47. The average molecular weight is 396 g/mol. The van der Waals surface area contributed by atoms with Gasteiger partial charge in [0.25, 0.3) is 0 Å². The summed E-state index contributed by atoms with van der Waals surface area (Å²) in [7, 11) is 0. The fourth-order valence-corrected chi connectivity index (χ4v) is 3.39. The van der Waals surface area contributed by atoms with E-state index in [2.05, 4.69) is 38.7 Å². The van der Waals surface area contributed by atoms with E-state index in [1.54, 1.807) is 13.1 Å². The van der Waals surface area contributed by atoms with Crippen molar-refractivity contribution >= 4 is 17.6 Å². The minimum Gasteiger partial charge on any atom is -0.340 e. The first kappa shape index (κ1) is 20.8. The van der Waals surface area contributed by atoms with Crippen molar-refractivity contribution < 1.29 is 9.59 Å². The van der Waals surface area contributed by atoms with Crippen LogP contribution in [0.5, 0.6) is 0 Å². The van der Waals surface area contributed by atoms with Gasteiger partial charge in [0.05, 0.1) is 11.9 Å². The highest BCUT2D eigenvalue weighted by Gasteiger charge is 2.18. The molecular formula is C22H29N5O2. The second-order valence-corrected chi connectivity index (χ2v) is 7.54. The van der Waals surface area contributed by atoms with E-state index in [9.17, 15) is 9.59 Å².